The smallest absolute Gasteiger partial charge is 0.325 e. The molecule has 0 unspecified atom stereocenters. The molecular weight excluding hydrogens is 656 g/mol. The highest BCUT2D eigenvalue weighted by atomic mass is 16.5. The van der Waals surface area contributed by atoms with E-state index in [9.17, 15) is 28.8 Å². The van der Waals surface area contributed by atoms with E-state index in [-0.39, 0.29) is 63.9 Å². The van der Waals surface area contributed by atoms with Crippen molar-refractivity contribution in [3.63, 3.8) is 0 Å². The number of piperidine rings is 1. The van der Waals surface area contributed by atoms with Gasteiger partial charge < -0.3 is 48.5 Å². The van der Waals surface area contributed by atoms with Gasteiger partial charge >= 0.3 is 5.97 Å². The molecule has 0 radical (unpaired) electrons. The zero-order chi connectivity index (χ0) is 37.4. The lowest BCUT2D eigenvalue weighted by Gasteiger charge is -2.38. The van der Waals surface area contributed by atoms with Crippen molar-refractivity contribution in [2.24, 2.45) is 22.9 Å². The molecule has 15 heteroatoms. The third kappa shape index (κ3) is 12.8. The number of ether oxygens (including phenoxy) is 1. The first kappa shape index (κ1) is 40.6. The monoisotopic (exact) mass is 708 g/mol. The summed E-state index contributed by atoms with van der Waals surface area (Å²) in [6, 6.07) is 13.9. The Morgan fingerprint density at radius 2 is 1.29 bits per heavy atom. The fourth-order valence-corrected chi connectivity index (χ4v) is 5.90. The molecule has 1 fully saturated rings. The van der Waals surface area contributed by atoms with Crippen molar-refractivity contribution in [2.45, 2.75) is 87.5 Å². The highest BCUT2D eigenvalue weighted by Gasteiger charge is 2.41. The lowest BCUT2D eigenvalue weighted by Crippen LogP contribution is -2.61. The van der Waals surface area contributed by atoms with Gasteiger partial charge in [-0.15, -0.1) is 0 Å². The lowest BCUT2D eigenvalue weighted by molar-refractivity contribution is -0.151. The summed E-state index contributed by atoms with van der Waals surface area (Å²) < 4.78 is 4.83. The maximum absolute atomic E-state index is 13.8. The van der Waals surface area contributed by atoms with E-state index >= 15 is 0 Å². The molecular formula is C36H52N8O7. The van der Waals surface area contributed by atoms with Gasteiger partial charge in [0.25, 0.3) is 0 Å². The number of nitrogens with two attached hydrogens (primary N) is 4. The summed E-state index contributed by atoms with van der Waals surface area (Å²) in [5.74, 6) is -3.59. The Balaban J connectivity index is 1.78. The number of unbranched alkanes of at least 4 members (excludes halogenated alkanes) is 1. The van der Waals surface area contributed by atoms with E-state index in [4.69, 9.17) is 27.7 Å². The molecule has 0 saturated carbocycles. The zero-order valence-corrected chi connectivity index (χ0v) is 29.2. The predicted octanol–water partition coefficient (Wildman–Crippen LogP) is -0.859. The number of amides is 5. The molecule has 0 bridgehead atoms. The fourth-order valence-electron chi connectivity index (χ4n) is 5.90. The molecule has 51 heavy (non-hydrogen) atoms. The van der Waals surface area contributed by atoms with Crippen molar-refractivity contribution in [1.82, 2.24) is 20.9 Å². The standard InChI is InChI=1S/C36H52N8O7/c1-51-35(50)36(40)17-20-44(21-18-36)34(49)28(14-8-9-19-37)42-32(47)27(15-16-30(39)45)41-33(48)29(23-25-12-6-3-7-13-25)43-31(46)26(38)22-24-10-4-2-5-11-24/h2-7,10-13,26-29H,8-9,14-23,37-38,40H2,1H3,(H2,39,45)(H,41,48)(H,42,47)(H,43,46)/t26-,27-,28-,29-/m1/s1. The summed E-state index contributed by atoms with van der Waals surface area (Å²) in [6.07, 6.45) is 1.66. The molecule has 3 rings (SSSR count). The summed E-state index contributed by atoms with van der Waals surface area (Å²) in [4.78, 5) is 80.1. The number of esters is 1. The number of carbonyl (C=O) groups excluding carboxylic acids is 6. The van der Waals surface area contributed by atoms with E-state index in [0.29, 0.717) is 19.4 Å². The van der Waals surface area contributed by atoms with Crippen LogP contribution < -0.4 is 38.9 Å². The summed E-state index contributed by atoms with van der Waals surface area (Å²) >= 11 is 0. The molecule has 1 aliphatic heterocycles. The lowest BCUT2D eigenvalue weighted by atomic mass is 9.88. The van der Waals surface area contributed by atoms with Crippen LogP contribution >= 0.6 is 0 Å². The summed E-state index contributed by atoms with van der Waals surface area (Å²) in [6.45, 7) is 0.722. The van der Waals surface area contributed by atoms with Gasteiger partial charge in [0.1, 0.15) is 23.7 Å². The molecule has 0 spiro atoms. The topological polar surface area (TPSA) is 255 Å². The second-order valence-electron chi connectivity index (χ2n) is 12.9. The van der Waals surface area contributed by atoms with Gasteiger partial charge in [0, 0.05) is 25.9 Å². The number of hydrogen-bond donors (Lipinski definition) is 7. The van der Waals surface area contributed by atoms with Crippen LogP contribution in [0.2, 0.25) is 0 Å². The minimum Gasteiger partial charge on any atom is -0.468 e. The number of primary amides is 1. The molecule has 1 saturated heterocycles. The van der Waals surface area contributed by atoms with Gasteiger partial charge in [0.05, 0.1) is 13.2 Å². The van der Waals surface area contributed by atoms with Crippen LogP contribution in [0.3, 0.4) is 0 Å². The second-order valence-corrected chi connectivity index (χ2v) is 12.9. The minimum absolute atomic E-state index is 0.0873. The average molecular weight is 709 g/mol. The van der Waals surface area contributed by atoms with Crippen LogP contribution in [0.1, 0.15) is 56.1 Å². The van der Waals surface area contributed by atoms with Crippen molar-refractivity contribution in [3.8, 4) is 0 Å². The van der Waals surface area contributed by atoms with E-state index < -0.39 is 59.3 Å². The average Bonchev–Trinajstić information content (AvgIpc) is 3.12. The van der Waals surface area contributed by atoms with Crippen molar-refractivity contribution >= 4 is 35.5 Å². The van der Waals surface area contributed by atoms with E-state index in [1.54, 1.807) is 24.3 Å². The molecule has 0 aromatic heterocycles. The van der Waals surface area contributed by atoms with Gasteiger partial charge in [-0.25, -0.2) is 0 Å². The number of nitrogens with zero attached hydrogens (tertiary/aromatic N) is 1. The second kappa shape index (κ2) is 20.1. The number of hydrogen-bond acceptors (Lipinski definition) is 10. The van der Waals surface area contributed by atoms with Gasteiger partial charge in [-0.05, 0) is 62.6 Å². The first-order valence-corrected chi connectivity index (χ1v) is 17.3. The molecule has 2 aromatic carbocycles. The number of rotatable bonds is 19. The molecule has 5 amide bonds. The zero-order valence-electron chi connectivity index (χ0n) is 29.2. The molecule has 1 aliphatic rings. The van der Waals surface area contributed by atoms with E-state index in [1.165, 1.54) is 12.0 Å². The number of carbonyl (C=O) groups is 6. The third-order valence-corrected chi connectivity index (χ3v) is 8.98. The Kier molecular flexibility index (Phi) is 16.0. The minimum atomic E-state index is -1.28. The Bertz CT molecular complexity index is 1470. The summed E-state index contributed by atoms with van der Waals surface area (Å²) in [5, 5.41) is 8.18. The van der Waals surface area contributed by atoms with Crippen LogP contribution in [-0.4, -0.2) is 96.9 Å². The Hall–Kier alpha value is -4.86. The molecule has 15 nitrogen and oxygen atoms in total. The number of nitrogens with one attached hydrogen (secondary N) is 3. The van der Waals surface area contributed by atoms with E-state index in [0.717, 1.165) is 11.1 Å². The molecule has 278 valence electrons. The van der Waals surface area contributed by atoms with Crippen LogP contribution in [0.15, 0.2) is 60.7 Å². The maximum Gasteiger partial charge on any atom is 0.325 e. The molecule has 2 aromatic rings. The predicted molar refractivity (Wildman–Crippen MR) is 190 cm³/mol. The maximum atomic E-state index is 13.8. The van der Waals surface area contributed by atoms with Crippen LogP contribution in [-0.2, 0) is 46.3 Å². The van der Waals surface area contributed by atoms with Gasteiger partial charge in [-0.3, -0.25) is 28.8 Å². The number of likely N-dealkylation sites (tertiary alicyclic amines) is 1. The van der Waals surface area contributed by atoms with Gasteiger partial charge in [0.15, 0.2) is 0 Å². The largest absolute Gasteiger partial charge is 0.468 e. The first-order chi connectivity index (χ1) is 24.4. The third-order valence-electron chi connectivity index (χ3n) is 8.98. The van der Waals surface area contributed by atoms with Crippen molar-refractivity contribution < 1.29 is 33.5 Å². The molecule has 11 N–H and O–H groups in total. The Morgan fingerprint density at radius 3 is 1.84 bits per heavy atom. The SMILES string of the molecule is COC(=O)C1(N)CCN(C(=O)[C@@H](CCCCN)NC(=O)[C@@H](CCC(N)=O)NC(=O)[C@@H](Cc2ccccc2)NC(=O)[C@H](N)Cc2ccccc2)CC1. The molecule has 1 heterocycles. The van der Waals surface area contributed by atoms with Gasteiger partial charge in [0.2, 0.25) is 29.5 Å². The van der Waals surface area contributed by atoms with Crippen LogP contribution in [0.25, 0.3) is 0 Å². The summed E-state index contributed by atoms with van der Waals surface area (Å²) in [7, 11) is 1.25. The molecule has 4 atom stereocenters. The highest BCUT2D eigenvalue weighted by Crippen LogP contribution is 2.22. The van der Waals surface area contributed by atoms with Crippen LogP contribution in [0, 0.1) is 0 Å². The van der Waals surface area contributed by atoms with Crippen molar-refractivity contribution in [3.05, 3.63) is 71.8 Å². The number of benzene rings is 2. The quantitative estimate of drug-likeness (QED) is 0.0702. The first-order valence-electron chi connectivity index (χ1n) is 17.3. The van der Waals surface area contributed by atoms with E-state index in [1.807, 2.05) is 36.4 Å². The van der Waals surface area contributed by atoms with Crippen LogP contribution in [0.5, 0.6) is 0 Å². The molecule has 0 aliphatic carbocycles. The van der Waals surface area contributed by atoms with Gasteiger partial charge in [-0.2, -0.15) is 0 Å². The van der Waals surface area contributed by atoms with Crippen LogP contribution in [0.4, 0.5) is 0 Å². The number of methoxy groups -OCH3 is 1. The fraction of sp³-hybridized carbons (Fsp3) is 0.500. The highest BCUT2D eigenvalue weighted by molar-refractivity contribution is 5.95. The normalized spacial score (nSPS) is 16.1. The van der Waals surface area contributed by atoms with Crippen molar-refractivity contribution in [1.29, 1.82) is 0 Å². The summed E-state index contributed by atoms with van der Waals surface area (Å²) in [5.41, 5.74) is 23.9. The van der Waals surface area contributed by atoms with E-state index in [2.05, 4.69) is 16.0 Å². The Morgan fingerprint density at radius 1 is 0.765 bits per heavy atom. The Labute approximate surface area is 298 Å². The van der Waals surface area contributed by atoms with Gasteiger partial charge in [-0.1, -0.05) is 60.7 Å². The van der Waals surface area contributed by atoms with Crippen molar-refractivity contribution in [2.75, 3.05) is 26.7 Å².